The molecule has 17 heavy (non-hydrogen) atoms. The molecule has 0 bridgehead atoms. The fourth-order valence-corrected chi connectivity index (χ4v) is 1.39. The zero-order chi connectivity index (χ0) is 12.6. The second kappa shape index (κ2) is 3.89. The molecule has 8 heteroatoms. The Kier molecular flexibility index (Phi) is 2.54. The van der Waals surface area contributed by atoms with Crippen molar-refractivity contribution in [3.8, 4) is 0 Å². The maximum Gasteiger partial charge on any atom is 0.325 e. The number of nitrogen functional groups attached to an aromatic ring is 1. The predicted octanol–water partition coefficient (Wildman–Crippen LogP) is -0.170. The van der Waals surface area contributed by atoms with Gasteiger partial charge < -0.3 is 20.7 Å². The molecule has 0 aliphatic heterocycles. The van der Waals surface area contributed by atoms with Gasteiger partial charge in [0, 0.05) is 7.05 Å². The molecular formula is C9H12N6O2. The highest BCUT2D eigenvalue weighted by atomic mass is 16.4. The molecule has 0 aromatic carbocycles. The van der Waals surface area contributed by atoms with Gasteiger partial charge in [0.2, 0.25) is 5.95 Å². The van der Waals surface area contributed by atoms with Crippen molar-refractivity contribution in [2.75, 3.05) is 11.1 Å². The quantitative estimate of drug-likeness (QED) is 0.676. The molecule has 90 valence electrons. The second-order valence-corrected chi connectivity index (χ2v) is 3.66. The van der Waals surface area contributed by atoms with Crippen LogP contribution in [0, 0.1) is 0 Å². The third kappa shape index (κ3) is 1.96. The van der Waals surface area contributed by atoms with Crippen molar-refractivity contribution < 1.29 is 9.90 Å². The molecule has 0 fully saturated rings. The van der Waals surface area contributed by atoms with Gasteiger partial charge in [-0.2, -0.15) is 9.97 Å². The van der Waals surface area contributed by atoms with Crippen molar-refractivity contribution in [1.29, 1.82) is 0 Å². The first-order valence-corrected chi connectivity index (χ1v) is 4.93. The Morgan fingerprint density at radius 3 is 2.94 bits per heavy atom. The summed E-state index contributed by atoms with van der Waals surface area (Å²) in [6, 6.07) is -0.783. The second-order valence-electron chi connectivity index (χ2n) is 3.66. The van der Waals surface area contributed by atoms with Crippen LogP contribution in [0.15, 0.2) is 6.33 Å². The van der Waals surface area contributed by atoms with Gasteiger partial charge in [-0.25, -0.2) is 4.98 Å². The zero-order valence-electron chi connectivity index (χ0n) is 9.38. The van der Waals surface area contributed by atoms with Crippen LogP contribution in [-0.4, -0.2) is 36.6 Å². The summed E-state index contributed by atoms with van der Waals surface area (Å²) in [5.74, 6) is -0.588. The molecule has 1 atom stereocenters. The number of aliphatic carboxylic acids is 1. The number of hydrogen-bond donors (Lipinski definition) is 3. The number of aryl methyl sites for hydroxylation is 1. The van der Waals surface area contributed by atoms with E-state index in [0.29, 0.717) is 17.0 Å². The highest BCUT2D eigenvalue weighted by Crippen LogP contribution is 2.19. The minimum atomic E-state index is -0.980. The molecule has 0 saturated carbocycles. The van der Waals surface area contributed by atoms with Gasteiger partial charge >= 0.3 is 5.97 Å². The number of carbonyl (C=O) groups is 1. The highest BCUT2D eigenvalue weighted by molar-refractivity contribution is 5.86. The van der Waals surface area contributed by atoms with E-state index in [1.807, 2.05) is 0 Å². The van der Waals surface area contributed by atoms with Crippen LogP contribution in [0.2, 0.25) is 0 Å². The van der Waals surface area contributed by atoms with Gasteiger partial charge in [-0.05, 0) is 6.92 Å². The first-order chi connectivity index (χ1) is 7.99. The fourth-order valence-electron chi connectivity index (χ4n) is 1.39. The number of nitrogens with zero attached hydrogens (tertiary/aromatic N) is 4. The summed E-state index contributed by atoms with van der Waals surface area (Å²) in [5.41, 5.74) is 6.60. The average Bonchev–Trinajstić information content (AvgIpc) is 2.60. The number of carboxylic acids is 1. The molecular weight excluding hydrogens is 224 g/mol. The molecule has 0 saturated heterocycles. The molecule has 0 radical (unpaired) electrons. The number of carboxylic acid groups (broad SMARTS) is 1. The van der Waals surface area contributed by atoms with E-state index < -0.39 is 12.0 Å². The Bertz CT molecular complexity index is 578. The number of aromatic nitrogens is 4. The van der Waals surface area contributed by atoms with Crippen LogP contribution in [0.1, 0.15) is 6.92 Å². The topological polar surface area (TPSA) is 119 Å². The maximum atomic E-state index is 10.8. The third-order valence-corrected chi connectivity index (χ3v) is 2.30. The van der Waals surface area contributed by atoms with E-state index >= 15 is 0 Å². The summed E-state index contributed by atoms with van der Waals surface area (Å²) >= 11 is 0. The molecule has 2 heterocycles. The molecule has 8 nitrogen and oxygen atoms in total. The first-order valence-electron chi connectivity index (χ1n) is 4.93. The van der Waals surface area contributed by atoms with Crippen molar-refractivity contribution in [3.63, 3.8) is 0 Å². The van der Waals surface area contributed by atoms with Gasteiger partial charge in [0.05, 0.1) is 6.33 Å². The summed E-state index contributed by atoms with van der Waals surface area (Å²) in [4.78, 5) is 22.8. The van der Waals surface area contributed by atoms with Crippen LogP contribution in [0.4, 0.5) is 11.8 Å². The SMILES string of the molecule is CC(Nc1nc(N)nc2c1ncn2C)C(=O)O. The summed E-state index contributed by atoms with van der Waals surface area (Å²) in [5, 5.41) is 11.6. The lowest BCUT2D eigenvalue weighted by Crippen LogP contribution is -2.26. The van der Waals surface area contributed by atoms with E-state index in [-0.39, 0.29) is 5.95 Å². The summed E-state index contributed by atoms with van der Waals surface area (Å²) < 4.78 is 1.68. The number of anilines is 2. The number of fused-ring (bicyclic) bond motifs is 1. The Hall–Kier alpha value is -2.38. The van der Waals surface area contributed by atoms with Crippen molar-refractivity contribution in [2.45, 2.75) is 13.0 Å². The maximum absolute atomic E-state index is 10.8. The molecule has 0 spiro atoms. The summed E-state index contributed by atoms with van der Waals surface area (Å²) in [7, 11) is 1.77. The molecule has 4 N–H and O–H groups in total. The van der Waals surface area contributed by atoms with E-state index in [4.69, 9.17) is 10.8 Å². The lowest BCUT2D eigenvalue weighted by Gasteiger charge is -2.10. The first kappa shape index (κ1) is 11.1. The Morgan fingerprint density at radius 1 is 1.59 bits per heavy atom. The zero-order valence-corrected chi connectivity index (χ0v) is 9.38. The van der Waals surface area contributed by atoms with E-state index in [1.165, 1.54) is 6.92 Å². The van der Waals surface area contributed by atoms with Crippen LogP contribution >= 0.6 is 0 Å². The van der Waals surface area contributed by atoms with Crippen molar-refractivity contribution in [3.05, 3.63) is 6.33 Å². The van der Waals surface area contributed by atoms with Gasteiger partial charge in [0.25, 0.3) is 0 Å². The van der Waals surface area contributed by atoms with Gasteiger partial charge in [-0.1, -0.05) is 0 Å². The molecule has 2 rings (SSSR count). The number of hydrogen-bond acceptors (Lipinski definition) is 6. The average molecular weight is 236 g/mol. The fraction of sp³-hybridized carbons (Fsp3) is 0.333. The lowest BCUT2D eigenvalue weighted by molar-refractivity contribution is -0.137. The smallest absolute Gasteiger partial charge is 0.325 e. The largest absolute Gasteiger partial charge is 0.480 e. The van der Waals surface area contributed by atoms with E-state index in [9.17, 15) is 4.79 Å². The van der Waals surface area contributed by atoms with Gasteiger partial charge in [0.15, 0.2) is 17.0 Å². The van der Waals surface area contributed by atoms with Crippen LogP contribution in [-0.2, 0) is 11.8 Å². The molecule has 2 aromatic heterocycles. The van der Waals surface area contributed by atoms with E-state index in [1.54, 1.807) is 17.9 Å². The highest BCUT2D eigenvalue weighted by Gasteiger charge is 2.16. The summed E-state index contributed by atoms with van der Waals surface area (Å²) in [6.45, 7) is 1.51. The normalized spacial score (nSPS) is 12.6. The Balaban J connectivity index is 2.49. The minimum Gasteiger partial charge on any atom is -0.480 e. The molecule has 2 aromatic rings. The standard InChI is InChI=1S/C9H12N6O2/c1-4(8(16)17)12-6-5-7(14-9(10)13-6)15(2)3-11-5/h3-4H,1-2H3,(H,16,17)(H3,10,12,13,14). The molecule has 1 unspecified atom stereocenters. The predicted molar refractivity (Wildman–Crippen MR) is 61.4 cm³/mol. The van der Waals surface area contributed by atoms with Crippen LogP contribution in [0.25, 0.3) is 11.2 Å². The van der Waals surface area contributed by atoms with Gasteiger partial charge in [-0.15, -0.1) is 0 Å². The van der Waals surface area contributed by atoms with E-state index in [0.717, 1.165) is 0 Å². The monoisotopic (exact) mass is 236 g/mol. The van der Waals surface area contributed by atoms with Crippen molar-refractivity contribution >= 4 is 28.9 Å². The number of nitrogens with two attached hydrogens (primary N) is 1. The molecule has 0 aliphatic carbocycles. The van der Waals surface area contributed by atoms with Crippen LogP contribution in [0.3, 0.4) is 0 Å². The Morgan fingerprint density at radius 2 is 2.29 bits per heavy atom. The van der Waals surface area contributed by atoms with Gasteiger partial charge in [-0.3, -0.25) is 4.79 Å². The van der Waals surface area contributed by atoms with Crippen molar-refractivity contribution in [2.24, 2.45) is 7.05 Å². The van der Waals surface area contributed by atoms with Crippen LogP contribution in [0.5, 0.6) is 0 Å². The van der Waals surface area contributed by atoms with Crippen molar-refractivity contribution in [1.82, 2.24) is 19.5 Å². The number of imidazole rings is 1. The minimum absolute atomic E-state index is 0.0705. The Labute approximate surface area is 96.5 Å². The third-order valence-electron chi connectivity index (χ3n) is 2.30. The summed E-state index contributed by atoms with van der Waals surface area (Å²) in [6.07, 6.45) is 1.56. The lowest BCUT2D eigenvalue weighted by atomic mass is 10.3. The molecule has 0 amide bonds. The van der Waals surface area contributed by atoms with E-state index in [2.05, 4.69) is 20.3 Å². The number of nitrogens with one attached hydrogen (secondary N) is 1. The van der Waals surface area contributed by atoms with Gasteiger partial charge in [0.1, 0.15) is 6.04 Å². The van der Waals surface area contributed by atoms with Crippen LogP contribution < -0.4 is 11.1 Å². The number of rotatable bonds is 3. The molecule has 0 aliphatic rings.